The Balaban J connectivity index is 1.52. The molecule has 1 atom stereocenters. The fraction of sp³-hybridized carbons (Fsp3) is 0.421. The lowest BCUT2D eigenvalue weighted by Crippen LogP contribution is -2.34. The first-order valence-electron chi connectivity index (χ1n) is 8.65. The summed E-state index contributed by atoms with van der Waals surface area (Å²) in [5.74, 6) is 1.43. The lowest BCUT2D eigenvalue weighted by atomic mass is 9.94. The van der Waals surface area contributed by atoms with Crippen LogP contribution in [0.15, 0.2) is 30.3 Å². The molecular weight excluding hydrogens is 298 g/mol. The number of nitrogens with zero attached hydrogens (tertiary/aromatic N) is 4. The fourth-order valence-corrected chi connectivity index (χ4v) is 3.65. The molecule has 0 aliphatic carbocycles. The highest BCUT2D eigenvalue weighted by Gasteiger charge is 2.23. The van der Waals surface area contributed by atoms with Gasteiger partial charge in [-0.05, 0) is 45.4 Å². The molecule has 1 N–H and O–H groups in total. The number of aromatic nitrogens is 4. The van der Waals surface area contributed by atoms with E-state index in [1.807, 2.05) is 12.1 Å². The first-order valence-corrected chi connectivity index (χ1v) is 8.65. The minimum atomic E-state index is 0.505. The zero-order valence-corrected chi connectivity index (χ0v) is 14.3. The maximum atomic E-state index is 4.76. The molecule has 124 valence electrons. The molecule has 2 aromatic heterocycles. The van der Waals surface area contributed by atoms with Gasteiger partial charge >= 0.3 is 0 Å². The summed E-state index contributed by atoms with van der Waals surface area (Å²) in [7, 11) is 0. The van der Waals surface area contributed by atoms with E-state index in [0.29, 0.717) is 5.92 Å². The van der Waals surface area contributed by atoms with Crippen molar-refractivity contribution in [3.8, 4) is 0 Å². The van der Waals surface area contributed by atoms with E-state index >= 15 is 0 Å². The minimum absolute atomic E-state index is 0.505. The van der Waals surface area contributed by atoms with E-state index in [4.69, 9.17) is 9.97 Å². The Bertz CT molecular complexity index is 854. The summed E-state index contributed by atoms with van der Waals surface area (Å²) in [6.07, 6.45) is 2.40. The molecule has 4 rings (SSSR count). The van der Waals surface area contributed by atoms with Gasteiger partial charge in [0.2, 0.25) is 0 Å². The van der Waals surface area contributed by atoms with Gasteiger partial charge in [0.05, 0.1) is 17.8 Å². The van der Waals surface area contributed by atoms with Gasteiger partial charge in [-0.15, -0.1) is 0 Å². The van der Waals surface area contributed by atoms with Gasteiger partial charge in [-0.1, -0.05) is 18.2 Å². The fourth-order valence-electron chi connectivity index (χ4n) is 3.65. The average molecular weight is 321 g/mol. The first kappa shape index (κ1) is 15.3. The van der Waals surface area contributed by atoms with Crippen LogP contribution in [0.4, 0.5) is 0 Å². The van der Waals surface area contributed by atoms with Crippen molar-refractivity contribution in [2.75, 3.05) is 13.1 Å². The van der Waals surface area contributed by atoms with Crippen LogP contribution in [-0.4, -0.2) is 38.2 Å². The van der Waals surface area contributed by atoms with Gasteiger partial charge in [-0.2, -0.15) is 5.10 Å². The maximum absolute atomic E-state index is 4.76. The molecule has 0 unspecified atom stereocenters. The number of piperidine rings is 1. The van der Waals surface area contributed by atoms with E-state index in [0.717, 1.165) is 47.7 Å². The van der Waals surface area contributed by atoms with Crippen molar-refractivity contribution >= 4 is 10.9 Å². The van der Waals surface area contributed by atoms with Crippen LogP contribution in [0.25, 0.3) is 10.9 Å². The second-order valence-corrected chi connectivity index (χ2v) is 6.79. The van der Waals surface area contributed by atoms with Crippen molar-refractivity contribution in [1.29, 1.82) is 0 Å². The van der Waals surface area contributed by atoms with Gasteiger partial charge in [0.25, 0.3) is 0 Å². The smallest absolute Gasteiger partial charge is 0.143 e. The molecule has 1 aliphatic rings. The third-order valence-electron chi connectivity index (χ3n) is 4.85. The number of fused-ring (bicyclic) bond motifs is 1. The standard InChI is InChI=1S/C19H23N5/c1-13-10-18(23-22-13)15-6-5-9-24(11-15)12-19-20-14(2)16-7-3-4-8-17(16)21-19/h3-4,7-8,10,15H,5-6,9,11-12H2,1-2H3,(H,22,23)/t15-/m1/s1. The van der Waals surface area contributed by atoms with E-state index in [-0.39, 0.29) is 0 Å². The number of aromatic amines is 1. The minimum Gasteiger partial charge on any atom is -0.295 e. The number of benzene rings is 1. The van der Waals surface area contributed by atoms with Crippen molar-refractivity contribution in [3.05, 3.63) is 53.2 Å². The van der Waals surface area contributed by atoms with E-state index in [1.54, 1.807) is 0 Å². The Morgan fingerprint density at radius 1 is 1.21 bits per heavy atom. The van der Waals surface area contributed by atoms with Crippen LogP contribution >= 0.6 is 0 Å². The van der Waals surface area contributed by atoms with Crippen LogP contribution in [0.1, 0.15) is 41.7 Å². The van der Waals surface area contributed by atoms with Gasteiger partial charge in [-0.3, -0.25) is 10.00 Å². The van der Waals surface area contributed by atoms with Gasteiger partial charge in [0.15, 0.2) is 0 Å². The van der Waals surface area contributed by atoms with Crippen LogP contribution in [0.5, 0.6) is 0 Å². The number of H-pyrrole nitrogens is 1. The molecule has 3 aromatic rings. The Kier molecular flexibility index (Phi) is 4.02. The molecule has 0 bridgehead atoms. The van der Waals surface area contributed by atoms with Crippen molar-refractivity contribution in [2.24, 2.45) is 0 Å². The number of para-hydroxylation sites is 1. The monoisotopic (exact) mass is 321 g/mol. The van der Waals surface area contributed by atoms with Gasteiger partial charge in [0, 0.05) is 29.2 Å². The van der Waals surface area contributed by atoms with E-state index in [1.165, 1.54) is 18.5 Å². The molecule has 3 heterocycles. The van der Waals surface area contributed by atoms with Gasteiger partial charge < -0.3 is 0 Å². The van der Waals surface area contributed by atoms with Crippen LogP contribution in [0.3, 0.4) is 0 Å². The summed E-state index contributed by atoms with van der Waals surface area (Å²) in [5, 5.41) is 8.66. The highest BCUT2D eigenvalue weighted by Crippen LogP contribution is 2.26. The van der Waals surface area contributed by atoms with Crippen LogP contribution in [-0.2, 0) is 6.54 Å². The summed E-state index contributed by atoms with van der Waals surface area (Å²) in [6.45, 7) is 7.07. The largest absolute Gasteiger partial charge is 0.295 e. The van der Waals surface area contributed by atoms with Crippen molar-refractivity contribution < 1.29 is 0 Å². The predicted octanol–water partition coefficient (Wildman–Crippen LogP) is 3.35. The maximum Gasteiger partial charge on any atom is 0.143 e. The molecule has 0 saturated carbocycles. The Labute approximate surface area is 142 Å². The summed E-state index contributed by atoms with van der Waals surface area (Å²) in [4.78, 5) is 11.9. The second-order valence-electron chi connectivity index (χ2n) is 6.79. The summed E-state index contributed by atoms with van der Waals surface area (Å²) >= 11 is 0. The van der Waals surface area contributed by atoms with E-state index in [2.05, 4.69) is 47.1 Å². The second kappa shape index (κ2) is 6.32. The van der Waals surface area contributed by atoms with Crippen molar-refractivity contribution in [2.45, 2.75) is 39.2 Å². The molecular formula is C19H23N5. The van der Waals surface area contributed by atoms with E-state index in [9.17, 15) is 0 Å². The van der Waals surface area contributed by atoms with Crippen LogP contribution < -0.4 is 0 Å². The average Bonchev–Trinajstić information content (AvgIpc) is 3.02. The quantitative estimate of drug-likeness (QED) is 0.804. The number of rotatable bonds is 3. The summed E-state index contributed by atoms with van der Waals surface area (Å²) in [6, 6.07) is 10.4. The predicted molar refractivity (Wildman–Crippen MR) is 94.9 cm³/mol. The van der Waals surface area contributed by atoms with Crippen molar-refractivity contribution in [3.63, 3.8) is 0 Å². The highest BCUT2D eigenvalue weighted by atomic mass is 15.2. The van der Waals surface area contributed by atoms with Gasteiger partial charge in [-0.25, -0.2) is 9.97 Å². The molecule has 0 amide bonds. The normalized spacial score (nSPS) is 19.0. The molecule has 5 nitrogen and oxygen atoms in total. The molecule has 0 spiro atoms. The molecule has 1 saturated heterocycles. The topological polar surface area (TPSA) is 57.7 Å². The number of nitrogens with one attached hydrogen (secondary N) is 1. The summed E-state index contributed by atoms with van der Waals surface area (Å²) < 4.78 is 0. The van der Waals surface area contributed by atoms with Gasteiger partial charge in [0.1, 0.15) is 5.82 Å². The third kappa shape index (κ3) is 3.04. The zero-order chi connectivity index (χ0) is 16.5. The number of hydrogen-bond donors (Lipinski definition) is 1. The third-order valence-corrected chi connectivity index (χ3v) is 4.85. The van der Waals surface area contributed by atoms with Crippen molar-refractivity contribution in [1.82, 2.24) is 25.1 Å². The number of hydrogen-bond acceptors (Lipinski definition) is 4. The molecule has 0 radical (unpaired) electrons. The highest BCUT2D eigenvalue weighted by molar-refractivity contribution is 5.80. The molecule has 5 heteroatoms. The molecule has 1 aromatic carbocycles. The summed E-state index contributed by atoms with van der Waals surface area (Å²) in [5.41, 5.74) is 4.42. The number of aryl methyl sites for hydroxylation is 2. The Morgan fingerprint density at radius 3 is 2.92 bits per heavy atom. The molecule has 24 heavy (non-hydrogen) atoms. The Morgan fingerprint density at radius 2 is 2.08 bits per heavy atom. The molecule has 1 aliphatic heterocycles. The van der Waals surface area contributed by atoms with E-state index < -0.39 is 0 Å². The van der Waals surface area contributed by atoms with Crippen LogP contribution in [0.2, 0.25) is 0 Å². The lowest BCUT2D eigenvalue weighted by Gasteiger charge is -2.31. The first-order chi connectivity index (χ1) is 11.7. The van der Waals surface area contributed by atoms with Crippen LogP contribution in [0, 0.1) is 13.8 Å². The SMILES string of the molecule is Cc1cc([C@@H]2CCCN(Cc3nc(C)c4ccccc4n3)C2)n[nH]1. The number of likely N-dealkylation sites (tertiary alicyclic amines) is 1. The lowest BCUT2D eigenvalue weighted by molar-refractivity contribution is 0.194. The zero-order valence-electron chi connectivity index (χ0n) is 14.3. The Hall–Kier alpha value is -2.27. The molecule has 1 fully saturated rings.